The molecule has 2 unspecified atom stereocenters. The summed E-state index contributed by atoms with van der Waals surface area (Å²) >= 11 is -1.38. The molecule has 3 N–H and O–H groups in total. The molecule has 0 radical (unpaired) electrons. The Morgan fingerprint density at radius 3 is 2.79 bits per heavy atom. The van der Waals surface area contributed by atoms with Crippen molar-refractivity contribution in [3.8, 4) is 11.1 Å². The van der Waals surface area contributed by atoms with Crippen LogP contribution in [-0.2, 0) is 27.6 Å². The highest BCUT2D eigenvalue weighted by Gasteiger charge is 2.34. The minimum absolute atomic E-state index is 0.0159. The highest BCUT2D eigenvalue weighted by molar-refractivity contribution is 7.91. The molecule has 3 atom stereocenters. The molecule has 1 amide bonds. The monoisotopic (exact) mass is 591 g/mol. The summed E-state index contributed by atoms with van der Waals surface area (Å²) < 4.78 is 52.8. The van der Waals surface area contributed by atoms with E-state index in [1.54, 1.807) is 29.2 Å². The molecular formula is C23H23N6O7S3-. The van der Waals surface area contributed by atoms with E-state index < -0.39 is 32.5 Å². The van der Waals surface area contributed by atoms with Gasteiger partial charge in [0, 0.05) is 36.2 Å². The van der Waals surface area contributed by atoms with Gasteiger partial charge < -0.3 is 19.0 Å². The van der Waals surface area contributed by atoms with Crippen LogP contribution in [0.15, 0.2) is 46.9 Å². The summed E-state index contributed by atoms with van der Waals surface area (Å²) in [5.41, 5.74) is 5.06. The number of benzene rings is 2. The van der Waals surface area contributed by atoms with Crippen molar-refractivity contribution < 1.29 is 31.5 Å². The van der Waals surface area contributed by atoms with Crippen LogP contribution in [0, 0.1) is 0 Å². The van der Waals surface area contributed by atoms with Crippen LogP contribution in [0.25, 0.3) is 21.3 Å². The number of rotatable bonds is 9. The van der Waals surface area contributed by atoms with Crippen molar-refractivity contribution in [3.05, 3.63) is 64.8 Å². The normalized spacial score (nSPS) is 17.5. The van der Waals surface area contributed by atoms with E-state index >= 15 is 0 Å². The van der Waals surface area contributed by atoms with E-state index in [1.165, 1.54) is 11.3 Å². The maximum atomic E-state index is 12.9. The van der Waals surface area contributed by atoms with E-state index in [4.69, 9.17) is 4.42 Å². The van der Waals surface area contributed by atoms with Crippen molar-refractivity contribution in [1.29, 1.82) is 0 Å². The van der Waals surface area contributed by atoms with Gasteiger partial charge in [0.15, 0.2) is 15.1 Å². The number of carbonyl (C=O) groups is 1. The molecule has 3 heterocycles. The third kappa shape index (κ3) is 6.22. The Bertz CT molecular complexity index is 1650. The van der Waals surface area contributed by atoms with Crippen LogP contribution < -0.4 is 10.3 Å². The quantitative estimate of drug-likeness (QED) is 0.186. The Kier molecular flexibility index (Phi) is 7.86. The molecule has 39 heavy (non-hydrogen) atoms. The molecule has 206 valence electrons. The second-order valence-electron chi connectivity index (χ2n) is 8.94. The third-order valence-corrected chi connectivity index (χ3v) is 8.88. The average molecular weight is 592 g/mol. The fourth-order valence-electron chi connectivity index (χ4n) is 4.26. The maximum absolute atomic E-state index is 12.9. The molecule has 13 nitrogen and oxygen atoms in total. The number of hydrazine groups is 1. The first-order chi connectivity index (χ1) is 18.6. The number of fused-ring (bicyclic) bond motifs is 1. The predicted octanol–water partition coefficient (Wildman–Crippen LogP) is 1.08. The largest absolute Gasteiger partial charge is 0.759 e. The van der Waals surface area contributed by atoms with Crippen molar-refractivity contribution in [2.45, 2.75) is 24.3 Å². The van der Waals surface area contributed by atoms with Crippen LogP contribution in [0.1, 0.15) is 38.8 Å². The zero-order chi connectivity index (χ0) is 27.7. The Balaban J connectivity index is 1.42. The lowest BCUT2D eigenvalue weighted by molar-refractivity contribution is 0.0765. The SMILES string of the molecule is CS(=O)(=O)C(c1nnc(CNNS(=O)[O-])o1)c1nc2ccc(-c3cccc(C(=O)N4CC[C@H](O)C4)c3)cc2s1. The molecule has 4 aromatic rings. The van der Waals surface area contributed by atoms with Gasteiger partial charge in [-0.15, -0.1) is 21.5 Å². The molecule has 2 aromatic heterocycles. The molecule has 0 saturated carbocycles. The van der Waals surface area contributed by atoms with Gasteiger partial charge >= 0.3 is 0 Å². The standard InChI is InChI=1S/C23H24N6O7S3/c1-39(34,35)20(21-27-26-19(36-21)11-24-28-38(32)33)22-25-17-6-5-14(10-18(17)37-22)13-3-2-4-15(9-13)23(31)29-8-7-16(30)12-29/h2-6,9-10,16,20,24,28,30H,7-8,11-12H2,1H3,(H,32,33)/p-1/t16-,20?/m0/s1. The maximum Gasteiger partial charge on any atom is 0.253 e. The summed E-state index contributed by atoms with van der Waals surface area (Å²) in [5.74, 6) is -0.343. The number of aliphatic hydroxyl groups excluding tert-OH is 1. The summed E-state index contributed by atoms with van der Waals surface area (Å²) in [4.78, 5) is 21.0. The molecule has 16 heteroatoms. The number of nitrogens with zero attached hydrogens (tertiary/aromatic N) is 4. The number of carbonyl (C=O) groups excluding carboxylic acids is 1. The summed E-state index contributed by atoms with van der Waals surface area (Å²) in [7, 11) is -3.77. The number of amides is 1. The first kappa shape index (κ1) is 27.4. The van der Waals surface area contributed by atoms with Gasteiger partial charge in [-0.3, -0.25) is 9.00 Å². The van der Waals surface area contributed by atoms with Crippen LogP contribution in [0.2, 0.25) is 0 Å². The highest BCUT2D eigenvalue weighted by Crippen LogP contribution is 2.36. The van der Waals surface area contributed by atoms with Gasteiger partial charge in [-0.1, -0.05) is 18.2 Å². The molecule has 0 aliphatic carbocycles. The summed E-state index contributed by atoms with van der Waals surface area (Å²) in [6, 6.07) is 12.7. The highest BCUT2D eigenvalue weighted by atomic mass is 32.2. The second kappa shape index (κ2) is 11.2. The van der Waals surface area contributed by atoms with Crippen LogP contribution in [0.4, 0.5) is 0 Å². The fourth-order valence-corrected chi connectivity index (χ4v) is 6.98. The van der Waals surface area contributed by atoms with Gasteiger partial charge in [0.25, 0.3) is 5.91 Å². The number of sulfone groups is 1. The molecule has 0 bridgehead atoms. The zero-order valence-electron chi connectivity index (χ0n) is 20.4. The molecule has 1 aliphatic rings. The van der Waals surface area contributed by atoms with E-state index in [0.717, 1.165) is 22.1 Å². The van der Waals surface area contributed by atoms with E-state index in [1.807, 2.05) is 23.0 Å². The van der Waals surface area contributed by atoms with E-state index in [0.29, 0.717) is 30.6 Å². The lowest BCUT2D eigenvalue weighted by Gasteiger charge is -2.16. The number of aromatic nitrogens is 3. The first-order valence-electron chi connectivity index (χ1n) is 11.7. The van der Waals surface area contributed by atoms with Crippen molar-refractivity contribution in [2.75, 3.05) is 19.3 Å². The number of hydrogen-bond acceptors (Lipinski definition) is 12. The Morgan fingerprint density at radius 2 is 2.08 bits per heavy atom. The first-order valence-corrected chi connectivity index (χ1v) is 15.5. The number of thiazole rings is 1. The lowest BCUT2D eigenvalue weighted by Crippen LogP contribution is -2.32. The van der Waals surface area contributed by atoms with Crippen molar-refractivity contribution >= 4 is 48.6 Å². The summed E-state index contributed by atoms with van der Waals surface area (Å²) in [5, 5.41) is 16.3. The number of β-amino-alcohol motifs (C(OH)–C–C–N with tert-alkyl or cyclic N) is 1. The number of aliphatic hydroxyl groups is 1. The van der Waals surface area contributed by atoms with E-state index in [2.05, 4.69) is 20.6 Å². The van der Waals surface area contributed by atoms with Gasteiger partial charge in [0.05, 0.1) is 22.9 Å². The van der Waals surface area contributed by atoms with Crippen LogP contribution in [0.5, 0.6) is 0 Å². The predicted molar refractivity (Wildman–Crippen MR) is 141 cm³/mol. The van der Waals surface area contributed by atoms with E-state index in [-0.39, 0.29) is 29.2 Å². The molecule has 1 fully saturated rings. The summed E-state index contributed by atoms with van der Waals surface area (Å²) in [6.45, 7) is 0.675. The molecule has 0 spiro atoms. The lowest BCUT2D eigenvalue weighted by atomic mass is 10.0. The minimum atomic E-state index is -3.77. The molecular weight excluding hydrogens is 568 g/mol. The van der Waals surface area contributed by atoms with Crippen LogP contribution in [-0.4, -0.2) is 73.7 Å². The minimum Gasteiger partial charge on any atom is -0.759 e. The second-order valence-corrected chi connectivity index (χ2v) is 12.8. The van der Waals surface area contributed by atoms with Gasteiger partial charge in [0.2, 0.25) is 11.8 Å². The molecule has 2 aromatic carbocycles. The van der Waals surface area contributed by atoms with Crippen LogP contribution >= 0.6 is 11.3 Å². The Hall–Kier alpha value is -3.12. The van der Waals surface area contributed by atoms with E-state index in [9.17, 15) is 27.1 Å². The van der Waals surface area contributed by atoms with Crippen molar-refractivity contribution in [1.82, 2.24) is 30.3 Å². The average Bonchev–Trinajstić information content (AvgIpc) is 3.62. The molecule has 1 aliphatic heterocycles. The topological polar surface area (TPSA) is 191 Å². The smallest absolute Gasteiger partial charge is 0.253 e. The zero-order valence-corrected chi connectivity index (χ0v) is 22.9. The Labute approximate surface area is 229 Å². The van der Waals surface area contributed by atoms with Gasteiger partial charge in [0.1, 0.15) is 5.01 Å². The Morgan fingerprint density at radius 1 is 1.28 bits per heavy atom. The third-order valence-electron chi connectivity index (χ3n) is 6.05. The van der Waals surface area contributed by atoms with Crippen LogP contribution in [0.3, 0.4) is 0 Å². The van der Waals surface area contributed by atoms with Gasteiger partial charge in [-0.2, -0.15) is 4.83 Å². The summed E-state index contributed by atoms with van der Waals surface area (Å²) in [6.07, 6.45) is 1.10. The van der Waals surface area contributed by atoms with Gasteiger partial charge in [-0.25, -0.2) is 18.8 Å². The molecule has 1 saturated heterocycles. The van der Waals surface area contributed by atoms with Gasteiger partial charge in [-0.05, 0) is 41.8 Å². The number of likely N-dealkylation sites (tertiary alicyclic amines) is 1. The molecule has 5 rings (SSSR count). The number of nitrogens with one attached hydrogen (secondary N) is 2. The number of hydrogen-bond donors (Lipinski definition) is 3. The van der Waals surface area contributed by atoms with Crippen molar-refractivity contribution in [3.63, 3.8) is 0 Å². The van der Waals surface area contributed by atoms with Crippen molar-refractivity contribution in [2.24, 2.45) is 0 Å². The fraction of sp³-hybridized carbons (Fsp3) is 0.304.